The molecular formula is C17H12ClN5O5. The zero-order valence-electron chi connectivity index (χ0n) is 14.3. The molecule has 0 atom stereocenters. The molecule has 0 fully saturated rings. The van der Waals surface area contributed by atoms with Crippen molar-refractivity contribution in [2.45, 2.75) is 6.92 Å². The second kappa shape index (κ2) is 7.45. The normalized spacial score (nSPS) is 10.5. The fraction of sp³-hybridized carbons (Fsp3) is 0.0588. The molecule has 0 aliphatic rings. The first-order chi connectivity index (χ1) is 13.3. The van der Waals surface area contributed by atoms with Crippen molar-refractivity contribution in [2.24, 2.45) is 0 Å². The van der Waals surface area contributed by atoms with Gasteiger partial charge in [0.15, 0.2) is 0 Å². The molecule has 3 rings (SSSR count). The number of hydrogen-bond donors (Lipinski definition) is 1. The van der Waals surface area contributed by atoms with Crippen LogP contribution in [0.3, 0.4) is 0 Å². The topological polar surface area (TPSA) is 133 Å². The number of nitrogens with zero attached hydrogens (tertiary/aromatic N) is 4. The molecule has 11 heteroatoms. The summed E-state index contributed by atoms with van der Waals surface area (Å²) in [6.45, 7) is 1.35. The number of nitrogens with one attached hydrogen (secondary N) is 1. The second-order valence-corrected chi connectivity index (χ2v) is 6.15. The van der Waals surface area contributed by atoms with Crippen LogP contribution in [0, 0.1) is 27.2 Å². The summed E-state index contributed by atoms with van der Waals surface area (Å²) in [5, 5.41) is 25.1. The first-order valence-electron chi connectivity index (χ1n) is 7.80. The minimum atomic E-state index is -0.792. The van der Waals surface area contributed by atoms with Gasteiger partial charge in [-0.15, -0.1) is 0 Å². The Bertz CT molecular complexity index is 1100. The van der Waals surface area contributed by atoms with E-state index in [1.807, 2.05) is 0 Å². The first-order valence-corrected chi connectivity index (χ1v) is 8.18. The molecule has 28 heavy (non-hydrogen) atoms. The van der Waals surface area contributed by atoms with E-state index in [9.17, 15) is 25.0 Å². The Morgan fingerprint density at radius 1 is 1.18 bits per heavy atom. The molecular weight excluding hydrogens is 390 g/mol. The number of nitro groups is 2. The van der Waals surface area contributed by atoms with Gasteiger partial charge in [0.2, 0.25) is 0 Å². The van der Waals surface area contributed by atoms with Gasteiger partial charge in [0.1, 0.15) is 0 Å². The minimum Gasteiger partial charge on any atom is -0.322 e. The van der Waals surface area contributed by atoms with Gasteiger partial charge in [-0.05, 0) is 25.1 Å². The fourth-order valence-corrected chi connectivity index (χ4v) is 2.89. The van der Waals surface area contributed by atoms with Crippen molar-refractivity contribution in [1.82, 2.24) is 9.55 Å². The first kappa shape index (κ1) is 19.0. The van der Waals surface area contributed by atoms with E-state index in [2.05, 4.69) is 10.3 Å². The molecule has 0 saturated heterocycles. The number of non-ortho nitro benzene ring substituents is 1. The number of rotatable bonds is 5. The molecule has 0 aliphatic heterocycles. The number of imidazole rings is 1. The van der Waals surface area contributed by atoms with Crippen molar-refractivity contribution in [3.05, 3.63) is 85.4 Å². The van der Waals surface area contributed by atoms with Gasteiger partial charge in [-0.25, -0.2) is 4.98 Å². The highest BCUT2D eigenvalue weighted by Gasteiger charge is 2.24. The highest BCUT2D eigenvalue weighted by atomic mass is 35.5. The van der Waals surface area contributed by atoms with Crippen molar-refractivity contribution < 1.29 is 14.6 Å². The molecule has 2 aromatic carbocycles. The molecule has 0 unspecified atom stereocenters. The lowest BCUT2D eigenvalue weighted by atomic mass is 10.0. The van der Waals surface area contributed by atoms with E-state index in [-0.39, 0.29) is 11.1 Å². The molecule has 1 amide bonds. The molecule has 1 N–H and O–H groups in total. The van der Waals surface area contributed by atoms with Gasteiger partial charge in [0.05, 0.1) is 38.5 Å². The third-order valence-corrected chi connectivity index (χ3v) is 4.31. The van der Waals surface area contributed by atoms with Crippen molar-refractivity contribution >= 4 is 34.6 Å². The SMILES string of the molecule is Cc1c(C(=O)Nc2ccc(-n3ccnc3)c(Cl)c2)cc([N+](=O)[O-])cc1[N+](=O)[O-]. The van der Waals surface area contributed by atoms with Gasteiger partial charge in [0.25, 0.3) is 17.3 Å². The molecule has 0 spiro atoms. The van der Waals surface area contributed by atoms with Crippen molar-refractivity contribution in [2.75, 3.05) is 5.32 Å². The minimum absolute atomic E-state index is 0.0224. The van der Waals surface area contributed by atoms with Gasteiger partial charge in [-0.1, -0.05) is 11.6 Å². The molecule has 0 bridgehead atoms. The van der Waals surface area contributed by atoms with Gasteiger partial charge in [0, 0.05) is 29.7 Å². The Labute approximate surface area is 162 Å². The molecule has 142 valence electrons. The highest BCUT2D eigenvalue weighted by molar-refractivity contribution is 6.32. The number of nitro benzene ring substituents is 2. The monoisotopic (exact) mass is 401 g/mol. The summed E-state index contributed by atoms with van der Waals surface area (Å²) in [5.41, 5.74) is -0.236. The van der Waals surface area contributed by atoms with Crippen LogP contribution < -0.4 is 5.32 Å². The van der Waals surface area contributed by atoms with Crippen LogP contribution in [0.2, 0.25) is 5.02 Å². The second-order valence-electron chi connectivity index (χ2n) is 5.74. The van der Waals surface area contributed by atoms with Gasteiger partial charge in [-0.2, -0.15) is 0 Å². The molecule has 0 saturated carbocycles. The van der Waals surface area contributed by atoms with Crippen LogP contribution in [0.15, 0.2) is 49.1 Å². The number of benzene rings is 2. The Morgan fingerprint density at radius 2 is 1.93 bits per heavy atom. The Balaban J connectivity index is 1.94. The number of hydrogen-bond acceptors (Lipinski definition) is 6. The standard InChI is InChI=1S/C17H12ClN5O5/c1-10-13(7-12(22(25)26)8-16(10)23(27)28)17(24)20-11-2-3-15(14(18)6-11)21-5-4-19-9-21/h2-9H,1H3,(H,20,24). The van der Waals surface area contributed by atoms with Crippen LogP contribution in [0.25, 0.3) is 5.69 Å². The number of amides is 1. The lowest BCUT2D eigenvalue weighted by molar-refractivity contribution is -0.394. The number of carbonyl (C=O) groups is 1. The van der Waals surface area contributed by atoms with Crippen LogP contribution in [0.4, 0.5) is 17.1 Å². The van der Waals surface area contributed by atoms with E-state index < -0.39 is 27.1 Å². The lowest BCUT2D eigenvalue weighted by Gasteiger charge is -2.11. The summed E-state index contributed by atoms with van der Waals surface area (Å²) in [6.07, 6.45) is 4.85. The summed E-state index contributed by atoms with van der Waals surface area (Å²) in [7, 11) is 0. The predicted octanol–water partition coefficient (Wildman–Crippen LogP) is 3.90. The van der Waals surface area contributed by atoms with E-state index in [1.54, 1.807) is 35.4 Å². The van der Waals surface area contributed by atoms with Gasteiger partial charge in [-0.3, -0.25) is 25.0 Å². The summed E-state index contributed by atoms with van der Waals surface area (Å²) in [6, 6.07) is 6.56. The quantitative estimate of drug-likeness (QED) is 0.509. The summed E-state index contributed by atoms with van der Waals surface area (Å²) in [4.78, 5) is 37.2. The molecule has 10 nitrogen and oxygen atoms in total. The zero-order valence-corrected chi connectivity index (χ0v) is 15.1. The number of carbonyl (C=O) groups excluding carboxylic acids is 1. The molecule has 0 radical (unpaired) electrons. The Kier molecular flexibility index (Phi) is 5.05. The smallest absolute Gasteiger partial charge is 0.279 e. The lowest BCUT2D eigenvalue weighted by Crippen LogP contribution is -2.15. The van der Waals surface area contributed by atoms with Gasteiger partial charge >= 0.3 is 0 Å². The van der Waals surface area contributed by atoms with Crippen molar-refractivity contribution in [3.8, 4) is 5.69 Å². The number of anilines is 1. The predicted molar refractivity (Wildman–Crippen MR) is 101 cm³/mol. The largest absolute Gasteiger partial charge is 0.322 e. The van der Waals surface area contributed by atoms with Crippen molar-refractivity contribution in [1.29, 1.82) is 0 Å². The van der Waals surface area contributed by atoms with Crippen LogP contribution in [0.1, 0.15) is 15.9 Å². The summed E-state index contributed by atoms with van der Waals surface area (Å²) < 4.78 is 1.68. The van der Waals surface area contributed by atoms with E-state index >= 15 is 0 Å². The molecule has 3 aromatic rings. The average molecular weight is 402 g/mol. The maximum Gasteiger partial charge on any atom is 0.279 e. The average Bonchev–Trinajstić information content (AvgIpc) is 3.15. The molecule has 0 aliphatic carbocycles. The molecule has 1 heterocycles. The number of halogens is 1. The third kappa shape index (κ3) is 3.67. The van der Waals surface area contributed by atoms with Crippen molar-refractivity contribution in [3.63, 3.8) is 0 Å². The Morgan fingerprint density at radius 3 is 2.50 bits per heavy atom. The van der Waals surface area contributed by atoms with Crippen LogP contribution in [-0.4, -0.2) is 25.3 Å². The highest BCUT2D eigenvalue weighted by Crippen LogP contribution is 2.29. The maximum absolute atomic E-state index is 12.6. The fourth-order valence-electron chi connectivity index (χ4n) is 2.61. The van der Waals surface area contributed by atoms with E-state index in [1.165, 1.54) is 13.0 Å². The maximum atomic E-state index is 12.6. The summed E-state index contributed by atoms with van der Waals surface area (Å²) in [5.74, 6) is -0.726. The van der Waals surface area contributed by atoms with Gasteiger partial charge < -0.3 is 9.88 Å². The van der Waals surface area contributed by atoms with E-state index in [0.29, 0.717) is 16.4 Å². The molecule has 1 aromatic heterocycles. The van der Waals surface area contributed by atoms with Crippen LogP contribution in [-0.2, 0) is 0 Å². The Hall–Kier alpha value is -3.79. The van der Waals surface area contributed by atoms with Crippen LogP contribution >= 0.6 is 11.6 Å². The van der Waals surface area contributed by atoms with E-state index in [4.69, 9.17) is 11.6 Å². The number of aromatic nitrogens is 2. The summed E-state index contributed by atoms with van der Waals surface area (Å²) >= 11 is 6.24. The van der Waals surface area contributed by atoms with E-state index in [0.717, 1.165) is 12.1 Å². The van der Waals surface area contributed by atoms with Crippen LogP contribution in [0.5, 0.6) is 0 Å². The third-order valence-electron chi connectivity index (χ3n) is 4.01. The zero-order chi connectivity index (χ0) is 20.4.